The van der Waals surface area contributed by atoms with E-state index in [4.69, 9.17) is 21.7 Å². The summed E-state index contributed by atoms with van der Waals surface area (Å²) in [4.78, 5) is 12.0. The number of morpholine rings is 1. The molecule has 0 aromatic heterocycles. The van der Waals surface area contributed by atoms with Crippen LogP contribution in [0.2, 0.25) is 0 Å². The lowest BCUT2D eigenvalue weighted by Gasteiger charge is -2.23. The SMILES string of the molecule is O=C([O-])COc1ccccc1/C=N\NC(=S)NCC[NH+]1CCOCC1. The highest BCUT2D eigenvalue weighted by Crippen LogP contribution is 2.15. The molecule has 0 aliphatic carbocycles. The molecule has 0 radical (unpaired) electrons. The molecule has 0 saturated carbocycles. The van der Waals surface area contributed by atoms with Crippen LogP contribution in [0.4, 0.5) is 0 Å². The lowest BCUT2D eigenvalue weighted by Crippen LogP contribution is -3.14. The highest BCUT2D eigenvalue weighted by atomic mass is 32.1. The largest absolute Gasteiger partial charge is 0.546 e. The number of para-hydroxylation sites is 1. The van der Waals surface area contributed by atoms with Crippen molar-refractivity contribution >= 4 is 29.5 Å². The summed E-state index contributed by atoms with van der Waals surface area (Å²) >= 11 is 5.17. The van der Waals surface area contributed by atoms with Crippen LogP contribution in [-0.4, -0.2) is 63.3 Å². The van der Waals surface area contributed by atoms with Gasteiger partial charge in [-0.05, 0) is 24.4 Å². The molecule has 0 amide bonds. The Labute approximate surface area is 151 Å². The second kappa shape index (κ2) is 10.6. The quantitative estimate of drug-likeness (QED) is 0.266. The van der Waals surface area contributed by atoms with E-state index in [1.165, 1.54) is 11.1 Å². The summed E-state index contributed by atoms with van der Waals surface area (Å²) in [5.41, 5.74) is 3.37. The van der Waals surface area contributed by atoms with Gasteiger partial charge in [0.15, 0.2) is 5.11 Å². The number of hydrogen-bond donors (Lipinski definition) is 3. The van der Waals surface area contributed by atoms with Crippen LogP contribution in [0.15, 0.2) is 29.4 Å². The fourth-order valence-corrected chi connectivity index (χ4v) is 2.47. The molecule has 1 aliphatic rings. The van der Waals surface area contributed by atoms with Crippen molar-refractivity contribution in [1.82, 2.24) is 10.7 Å². The molecule has 0 bridgehead atoms. The minimum Gasteiger partial charge on any atom is -0.546 e. The summed E-state index contributed by atoms with van der Waals surface area (Å²) < 4.78 is 10.5. The molecule has 0 unspecified atom stereocenters. The van der Waals surface area contributed by atoms with Crippen molar-refractivity contribution in [3.8, 4) is 5.75 Å². The lowest BCUT2D eigenvalue weighted by atomic mass is 10.2. The van der Waals surface area contributed by atoms with E-state index in [9.17, 15) is 9.90 Å². The molecule has 25 heavy (non-hydrogen) atoms. The van der Waals surface area contributed by atoms with Gasteiger partial charge < -0.3 is 29.6 Å². The van der Waals surface area contributed by atoms with E-state index < -0.39 is 12.6 Å². The molecule has 1 saturated heterocycles. The van der Waals surface area contributed by atoms with Gasteiger partial charge in [-0.3, -0.25) is 5.43 Å². The molecular formula is C16H22N4O4S. The van der Waals surface area contributed by atoms with Crippen LogP contribution in [0, 0.1) is 0 Å². The maximum absolute atomic E-state index is 10.5. The average Bonchev–Trinajstić information content (AvgIpc) is 2.62. The molecule has 1 heterocycles. The number of carbonyl (C=O) groups excluding carboxylic acids is 1. The monoisotopic (exact) mass is 366 g/mol. The zero-order chi connectivity index (χ0) is 17.9. The van der Waals surface area contributed by atoms with Gasteiger partial charge in [-0.2, -0.15) is 5.10 Å². The van der Waals surface area contributed by atoms with Crippen molar-refractivity contribution in [3.63, 3.8) is 0 Å². The fraction of sp³-hybridized carbons (Fsp3) is 0.438. The van der Waals surface area contributed by atoms with Gasteiger partial charge in [-0.1, -0.05) is 12.1 Å². The van der Waals surface area contributed by atoms with Crippen LogP contribution < -0.4 is 25.5 Å². The third kappa shape index (κ3) is 7.46. The van der Waals surface area contributed by atoms with E-state index in [0.29, 0.717) is 16.4 Å². The van der Waals surface area contributed by atoms with E-state index in [-0.39, 0.29) is 0 Å². The third-order valence-corrected chi connectivity index (χ3v) is 3.83. The molecule has 1 aromatic rings. The zero-order valence-corrected chi connectivity index (χ0v) is 14.6. The standard InChI is InChI=1S/C16H22N4O4S/c21-15(22)12-24-14-4-2-1-3-13(14)11-18-19-16(25)17-5-6-20-7-9-23-10-8-20/h1-4,11H,5-10,12H2,(H,21,22)(H2,17,19,25)/b18-11-. The number of carboxylic acids is 1. The Morgan fingerprint density at radius 1 is 1.40 bits per heavy atom. The van der Waals surface area contributed by atoms with Crippen molar-refractivity contribution in [3.05, 3.63) is 29.8 Å². The van der Waals surface area contributed by atoms with Gasteiger partial charge in [0.2, 0.25) is 0 Å². The van der Waals surface area contributed by atoms with Crippen molar-refractivity contribution in [2.24, 2.45) is 5.10 Å². The Bertz CT molecular complexity index is 606. The van der Waals surface area contributed by atoms with Crippen LogP contribution in [0.5, 0.6) is 5.75 Å². The van der Waals surface area contributed by atoms with E-state index in [1.54, 1.807) is 24.3 Å². The Morgan fingerprint density at radius 3 is 2.92 bits per heavy atom. The molecule has 0 atom stereocenters. The van der Waals surface area contributed by atoms with Crippen LogP contribution in [0.25, 0.3) is 0 Å². The number of carboxylic acid groups (broad SMARTS) is 1. The number of nitrogens with one attached hydrogen (secondary N) is 3. The summed E-state index contributed by atoms with van der Waals surface area (Å²) in [6.45, 7) is 4.85. The Hall–Kier alpha value is -2.23. The predicted molar refractivity (Wildman–Crippen MR) is 94.7 cm³/mol. The first kappa shape index (κ1) is 19.1. The number of aliphatic carboxylic acids is 1. The van der Waals surface area contributed by atoms with Gasteiger partial charge >= 0.3 is 0 Å². The normalized spacial score (nSPS) is 15.0. The van der Waals surface area contributed by atoms with E-state index >= 15 is 0 Å². The van der Waals surface area contributed by atoms with E-state index in [0.717, 1.165) is 39.4 Å². The summed E-state index contributed by atoms with van der Waals surface area (Å²) in [7, 11) is 0. The lowest BCUT2D eigenvalue weighted by molar-refractivity contribution is -0.906. The van der Waals surface area contributed by atoms with Gasteiger partial charge in [0.05, 0.1) is 38.5 Å². The Balaban J connectivity index is 1.72. The first-order valence-electron chi connectivity index (χ1n) is 8.05. The maximum atomic E-state index is 10.5. The zero-order valence-electron chi connectivity index (χ0n) is 13.8. The molecule has 2 rings (SSSR count). The number of ether oxygens (including phenoxy) is 2. The summed E-state index contributed by atoms with van der Waals surface area (Å²) in [5, 5.41) is 18.1. The molecule has 1 aromatic carbocycles. The topological polar surface area (TPSA) is 99.5 Å². The van der Waals surface area contributed by atoms with Crippen molar-refractivity contribution in [1.29, 1.82) is 0 Å². The Kier molecular flexibility index (Phi) is 8.10. The number of thiocarbonyl (C=S) groups is 1. The highest BCUT2D eigenvalue weighted by Gasteiger charge is 2.12. The fourth-order valence-electron chi connectivity index (χ4n) is 2.32. The summed E-state index contributed by atoms with van der Waals surface area (Å²) in [5.74, 6) is -0.871. The van der Waals surface area contributed by atoms with Gasteiger partial charge in [-0.15, -0.1) is 0 Å². The summed E-state index contributed by atoms with van der Waals surface area (Å²) in [6, 6.07) is 6.96. The van der Waals surface area contributed by atoms with Gasteiger partial charge in [0.1, 0.15) is 25.4 Å². The Morgan fingerprint density at radius 2 is 2.16 bits per heavy atom. The number of carbonyl (C=O) groups is 1. The molecule has 136 valence electrons. The van der Waals surface area contributed by atoms with E-state index in [2.05, 4.69) is 15.8 Å². The molecule has 0 spiro atoms. The van der Waals surface area contributed by atoms with Crippen LogP contribution >= 0.6 is 12.2 Å². The van der Waals surface area contributed by atoms with Crippen LogP contribution in [0.3, 0.4) is 0 Å². The molecule has 3 N–H and O–H groups in total. The third-order valence-electron chi connectivity index (χ3n) is 3.60. The molecule has 8 nitrogen and oxygen atoms in total. The molecular weight excluding hydrogens is 344 g/mol. The number of nitrogens with zero attached hydrogens (tertiary/aromatic N) is 1. The van der Waals surface area contributed by atoms with Crippen molar-refractivity contribution in [2.45, 2.75) is 0 Å². The van der Waals surface area contributed by atoms with E-state index in [1.807, 2.05) is 0 Å². The number of hydrogen-bond acceptors (Lipinski definition) is 6. The number of benzene rings is 1. The summed E-state index contributed by atoms with van der Waals surface area (Å²) in [6.07, 6.45) is 1.52. The first-order chi connectivity index (χ1) is 12.1. The van der Waals surface area contributed by atoms with Gasteiger partial charge in [0.25, 0.3) is 0 Å². The maximum Gasteiger partial charge on any atom is 0.187 e. The van der Waals surface area contributed by atoms with Gasteiger partial charge in [0, 0.05) is 5.56 Å². The predicted octanol–water partition coefficient (Wildman–Crippen LogP) is -2.47. The second-order valence-electron chi connectivity index (χ2n) is 5.44. The smallest absolute Gasteiger partial charge is 0.187 e. The number of quaternary nitrogens is 1. The van der Waals surface area contributed by atoms with Gasteiger partial charge in [-0.25, -0.2) is 0 Å². The number of rotatable bonds is 8. The van der Waals surface area contributed by atoms with Crippen LogP contribution in [-0.2, 0) is 9.53 Å². The molecule has 9 heteroatoms. The van der Waals surface area contributed by atoms with Crippen LogP contribution in [0.1, 0.15) is 5.56 Å². The van der Waals surface area contributed by atoms with Crippen molar-refractivity contribution in [2.75, 3.05) is 46.0 Å². The first-order valence-corrected chi connectivity index (χ1v) is 8.46. The minimum absolute atomic E-state index is 0.409. The highest BCUT2D eigenvalue weighted by molar-refractivity contribution is 7.80. The number of hydrazone groups is 1. The average molecular weight is 366 g/mol. The van der Waals surface area contributed by atoms with Crippen molar-refractivity contribution < 1.29 is 24.3 Å². The minimum atomic E-state index is -1.28. The second-order valence-corrected chi connectivity index (χ2v) is 5.85. The molecule has 1 aliphatic heterocycles. The molecule has 1 fully saturated rings.